The number of likely N-dealkylation sites (tertiary alicyclic amines) is 1. The molecule has 1 aliphatic rings. The number of rotatable bonds is 6. The highest BCUT2D eigenvalue weighted by molar-refractivity contribution is 5.79. The van der Waals surface area contributed by atoms with Crippen molar-refractivity contribution in [1.29, 1.82) is 0 Å². The Bertz CT molecular complexity index is 250. The van der Waals surface area contributed by atoms with Gasteiger partial charge in [-0.2, -0.15) is 0 Å². The van der Waals surface area contributed by atoms with Gasteiger partial charge in [-0.05, 0) is 32.4 Å². The monoisotopic (exact) mass is 238 g/mol. The van der Waals surface area contributed by atoms with E-state index in [2.05, 4.69) is 41.0 Å². The number of hydrogen-bond acceptors (Lipinski definition) is 2. The van der Waals surface area contributed by atoms with Gasteiger partial charge in [0.25, 0.3) is 0 Å². The highest BCUT2D eigenvalue weighted by Gasteiger charge is 2.20. The van der Waals surface area contributed by atoms with E-state index < -0.39 is 0 Å². The molecule has 0 bridgehead atoms. The Labute approximate surface area is 105 Å². The summed E-state index contributed by atoms with van der Waals surface area (Å²) in [7, 11) is 0. The van der Waals surface area contributed by atoms with Gasteiger partial charge >= 0.3 is 0 Å². The molecule has 0 aliphatic carbocycles. The Hall–Kier alpha value is -1.03. The van der Waals surface area contributed by atoms with E-state index in [0.717, 1.165) is 32.1 Å². The second kappa shape index (κ2) is 8.12. The normalized spacial score (nSPS) is 21.5. The fourth-order valence-electron chi connectivity index (χ4n) is 2.08. The van der Waals surface area contributed by atoms with E-state index in [0.29, 0.717) is 5.92 Å². The van der Waals surface area contributed by atoms with Crippen LogP contribution in [0.1, 0.15) is 20.3 Å². The Balaban J connectivity index is 2.34. The lowest BCUT2D eigenvalue weighted by atomic mass is 10.1. The standard InChI is InChI=1S/C13H26N4/c1-4-8-15-13(14-5-2)16-10-12-7-9-17(6-3)11-12/h4,12H,1,5-11H2,2-3H3,(H2,14,15,16). The maximum absolute atomic E-state index is 4.62. The molecule has 98 valence electrons. The molecule has 1 unspecified atom stereocenters. The van der Waals surface area contributed by atoms with Crippen LogP contribution < -0.4 is 10.6 Å². The van der Waals surface area contributed by atoms with Crippen LogP contribution in [-0.2, 0) is 0 Å². The molecular formula is C13H26N4. The van der Waals surface area contributed by atoms with Crippen LogP contribution >= 0.6 is 0 Å². The summed E-state index contributed by atoms with van der Waals surface area (Å²) < 4.78 is 0. The minimum atomic E-state index is 0.717. The summed E-state index contributed by atoms with van der Waals surface area (Å²) >= 11 is 0. The molecule has 2 N–H and O–H groups in total. The third kappa shape index (κ3) is 5.22. The van der Waals surface area contributed by atoms with E-state index >= 15 is 0 Å². The highest BCUT2D eigenvalue weighted by atomic mass is 15.2. The zero-order chi connectivity index (χ0) is 12.5. The van der Waals surface area contributed by atoms with Crippen molar-refractivity contribution >= 4 is 5.96 Å². The van der Waals surface area contributed by atoms with Crippen molar-refractivity contribution in [1.82, 2.24) is 15.5 Å². The van der Waals surface area contributed by atoms with Crippen molar-refractivity contribution < 1.29 is 0 Å². The lowest BCUT2D eigenvalue weighted by molar-refractivity contribution is 0.343. The number of aliphatic imine (C=N–C) groups is 1. The Morgan fingerprint density at radius 3 is 2.88 bits per heavy atom. The van der Waals surface area contributed by atoms with Gasteiger partial charge in [0, 0.05) is 26.2 Å². The molecule has 1 fully saturated rings. The van der Waals surface area contributed by atoms with Crippen LogP contribution in [0.2, 0.25) is 0 Å². The zero-order valence-corrected chi connectivity index (χ0v) is 11.2. The van der Waals surface area contributed by atoms with Gasteiger partial charge < -0.3 is 15.5 Å². The first-order valence-electron chi connectivity index (χ1n) is 6.65. The number of hydrogen-bond donors (Lipinski definition) is 2. The maximum atomic E-state index is 4.62. The fraction of sp³-hybridized carbons (Fsp3) is 0.769. The average Bonchev–Trinajstić information content (AvgIpc) is 2.80. The SMILES string of the molecule is C=CCNC(=NCC1CCN(CC)C1)NCC. The lowest BCUT2D eigenvalue weighted by Crippen LogP contribution is -2.37. The number of guanidine groups is 1. The molecule has 0 radical (unpaired) electrons. The molecule has 1 aliphatic heterocycles. The maximum Gasteiger partial charge on any atom is 0.191 e. The van der Waals surface area contributed by atoms with E-state index in [-0.39, 0.29) is 0 Å². The highest BCUT2D eigenvalue weighted by Crippen LogP contribution is 2.15. The Morgan fingerprint density at radius 2 is 2.29 bits per heavy atom. The Kier molecular flexibility index (Phi) is 6.70. The summed E-state index contributed by atoms with van der Waals surface area (Å²) in [6, 6.07) is 0. The van der Waals surface area contributed by atoms with Gasteiger partial charge in [-0.15, -0.1) is 6.58 Å². The number of nitrogens with zero attached hydrogens (tertiary/aromatic N) is 2. The summed E-state index contributed by atoms with van der Waals surface area (Å²) in [6.45, 7) is 14.2. The molecule has 0 aromatic rings. The summed E-state index contributed by atoms with van der Waals surface area (Å²) in [6.07, 6.45) is 3.12. The van der Waals surface area contributed by atoms with Gasteiger partial charge in [-0.1, -0.05) is 13.0 Å². The first-order valence-corrected chi connectivity index (χ1v) is 6.65. The second-order valence-corrected chi connectivity index (χ2v) is 4.44. The molecule has 4 heteroatoms. The first kappa shape index (κ1) is 14.0. The van der Waals surface area contributed by atoms with Crippen molar-refractivity contribution in [2.24, 2.45) is 10.9 Å². The molecule has 0 aromatic carbocycles. The predicted molar refractivity (Wildman–Crippen MR) is 74.4 cm³/mol. The topological polar surface area (TPSA) is 39.7 Å². The van der Waals surface area contributed by atoms with Crippen LogP contribution in [0.4, 0.5) is 0 Å². The van der Waals surface area contributed by atoms with Crippen LogP contribution in [0, 0.1) is 5.92 Å². The molecule has 0 aromatic heterocycles. The van der Waals surface area contributed by atoms with Gasteiger partial charge in [-0.3, -0.25) is 4.99 Å². The quantitative estimate of drug-likeness (QED) is 0.413. The molecule has 0 amide bonds. The van der Waals surface area contributed by atoms with Crippen LogP contribution in [0.15, 0.2) is 17.6 Å². The van der Waals surface area contributed by atoms with Crippen molar-refractivity contribution in [3.63, 3.8) is 0 Å². The van der Waals surface area contributed by atoms with Crippen LogP contribution in [0.5, 0.6) is 0 Å². The van der Waals surface area contributed by atoms with Crippen molar-refractivity contribution in [2.45, 2.75) is 20.3 Å². The average molecular weight is 238 g/mol. The van der Waals surface area contributed by atoms with Crippen molar-refractivity contribution in [3.05, 3.63) is 12.7 Å². The molecule has 1 saturated heterocycles. The van der Waals surface area contributed by atoms with Gasteiger partial charge in [0.1, 0.15) is 0 Å². The summed E-state index contributed by atoms with van der Waals surface area (Å²) in [5.41, 5.74) is 0. The fourth-order valence-corrected chi connectivity index (χ4v) is 2.08. The summed E-state index contributed by atoms with van der Waals surface area (Å²) in [5, 5.41) is 6.47. The lowest BCUT2D eigenvalue weighted by Gasteiger charge is -2.13. The smallest absolute Gasteiger partial charge is 0.191 e. The molecule has 0 spiro atoms. The Morgan fingerprint density at radius 1 is 1.47 bits per heavy atom. The van der Waals surface area contributed by atoms with Gasteiger partial charge in [0.2, 0.25) is 0 Å². The zero-order valence-electron chi connectivity index (χ0n) is 11.2. The molecule has 0 saturated carbocycles. The summed E-state index contributed by atoms with van der Waals surface area (Å²) in [5.74, 6) is 1.62. The molecule has 17 heavy (non-hydrogen) atoms. The molecular weight excluding hydrogens is 212 g/mol. The van der Waals surface area contributed by atoms with Crippen molar-refractivity contribution in [2.75, 3.05) is 39.3 Å². The van der Waals surface area contributed by atoms with E-state index in [4.69, 9.17) is 0 Å². The first-order chi connectivity index (χ1) is 8.30. The van der Waals surface area contributed by atoms with Crippen LogP contribution in [-0.4, -0.2) is 50.1 Å². The van der Waals surface area contributed by atoms with Gasteiger partial charge in [0.05, 0.1) is 0 Å². The third-order valence-corrected chi connectivity index (χ3v) is 3.08. The van der Waals surface area contributed by atoms with Crippen molar-refractivity contribution in [3.8, 4) is 0 Å². The third-order valence-electron chi connectivity index (χ3n) is 3.08. The minimum absolute atomic E-state index is 0.717. The van der Waals surface area contributed by atoms with Gasteiger partial charge in [-0.25, -0.2) is 0 Å². The molecule has 1 rings (SSSR count). The van der Waals surface area contributed by atoms with Crippen LogP contribution in [0.3, 0.4) is 0 Å². The van der Waals surface area contributed by atoms with E-state index in [1.807, 2.05) is 6.08 Å². The van der Waals surface area contributed by atoms with Crippen LogP contribution in [0.25, 0.3) is 0 Å². The van der Waals surface area contributed by atoms with E-state index in [1.54, 1.807) is 0 Å². The van der Waals surface area contributed by atoms with Gasteiger partial charge in [0.15, 0.2) is 5.96 Å². The minimum Gasteiger partial charge on any atom is -0.357 e. The predicted octanol–water partition coefficient (Wildman–Crippen LogP) is 1.07. The van der Waals surface area contributed by atoms with E-state index in [1.165, 1.54) is 19.5 Å². The second-order valence-electron chi connectivity index (χ2n) is 4.44. The van der Waals surface area contributed by atoms with E-state index in [9.17, 15) is 0 Å². The summed E-state index contributed by atoms with van der Waals surface area (Å²) in [4.78, 5) is 7.11. The number of nitrogens with one attached hydrogen (secondary N) is 2. The molecule has 1 heterocycles. The largest absolute Gasteiger partial charge is 0.357 e. The molecule has 1 atom stereocenters. The molecule has 4 nitrogen and oxygen atoms in total.